The van der Waals surface area contributed by atoms with Gasteiger partial charge in [-0.3, -0.25) is 14.9 Å². The molecule has 0 unspecified atom stereocenters. The Balaban J connectivity index is 1.21. The highest BCUT2D eigenvalue weighted by molar-refractivity contribution is 5.74. The van der Waals surface area contributed by atoms with Crippen LogP contribution < -0.4 is 15.7 Å². The zero-order valence-corrected chi connectivity index (χ0v) is 21.7. The molecule has 0 atom stereocenters. The molecular weight excluding hydrogens is 470 g/mol. The maximum absolute atomic E-state index is 11.0. The number of hydrogen-bond acceptors (Lipinski definition) is 9. The Morgan fingerprint density at radius 1 is 1.00 bits per heavy atom. The predicted molar refractivity (Wildman–Crippen MR) is 143 cm³/mol. The lowest BCUT2D eigenvalue weighted by molar-refractivity contribution is -0.129. The van der Waals surface area contributed by atoms with Gasteiger partial charge >= 0.3 is 0 Å². The molecule has 0 radical (unpaired) electrons. The molecule has 1 fully saturated rings. The summed E-state index contributed by atoms with van der Waals surface area (Å²) in [6.45, 7) is 9.33. The van der Waals surface area contributed by atoms with Crippen LogP contribution in [0.4, 0.5) is 17.3 Å². The average molecular weight is 508 g/mol. The van der Waals surface area contributed by atoms with E-state index in [1.807, 2.05) is 16.9 Å². The van der Waals surface area contributed by atoms with Gasteiger partial charge in [-0.25, -0.2) is 20.1 Å². The van der Waals surface area contributed by atoms with Gasteiger partial charge in [0, 0.05) is 56.2 Å². The monoisotopic (exact) mass is 507 g/mol. The third-order valence-corrected chi connectivity index (χ3v) is 6.57. The molecule has 1 amide bonds. The summed E-state index contributed by atoms with van der Waals surface area (Å²) in [5, 5.41) is 20.2. The molecule has 0 spiro atoms. The van der Waals surface area contributed by atoms with Crippen molar-refractivity contribution in [3.05, 3.63) is 42.7 Å². The second kappa shape index (κ2) is 13.1. The van der Waals surface area contributed by atoms with Crippen LogP contribution in [0.25, 0.3) is 11.4 Å². The molecule has 3 heterocycles. The third kappa shape index (κ3) is 7.70. The Labute approximate surface area is 217 Å². The number of benzene rings is 1. The molecule has 0 aliphatic carbocycles. The third-order valence-electron chi connectivity index (χ3n) is 6.57. The Hall–Kier alpha value is -3.57. The summed E-state index contributed by atoms with van der Waals surface area (Å²) in [5.74, 6) is 0.223. The van der Waals surface area contributed by atoms with E-state index < -0.39 is 0 Å². The molecule has 1 aromatic carbocycles. The van der Waals surface area contributed by atoms with Gasteiger partial charge in [0.2, 0.25) is 11.9 Å². The fraction of sp³-hybridized carbons (Fsp3) is 0.500. The minimum absolute atomic E-state index is 0.243. The van der Waals surface area contributed by atoms with E-state index in [0.29, 0.717) is 12.4 Å². The van der Waals surface area contributed by atoms with Crippen LogP contribution in [-0.2, 0) is 4.79 Å². The first-order valence-electron chi connectivity index (χ1n) is 13.0. The van der Waals surface area contributed by atoms with Gasteiger partial charge in [-0.2, -0.15) is 0 Å². The summed E-state index contributed by atoms with van der Waals surface area (Å²) in [7, 11) is 0. The van der Waals surface area contributed by atoms with E-state index in [1.165, 1.54) is 5.69 Å². The highest BCUT2D eigenvalue weighted by Gasteiger charge is 2.17. The fourth-order valence-electron chi connectivity index (χ4n) is 4.35. The number of nitrogens with zero attached hydrogens (tertiary/aromatic N) is 7. The van der Waals surface area contributed by atoms with Crippen LogP contribution in [0, 0.1) is 0 Å². The van der Waals surface area contributed by atoms with Crippen molar-refractivity contribution in [1.82, 2.24) is 35.3 Å². The Morgan fingerprint density at radius 2 is 1.76 bits per heavy atom. The quantitative estimate of drug-likeness (QED) is 0.191. The number of rotatable bonds is 12. The lowest BCUT2D eigenvalue weighted by Gasteiger charge is -2.36. The van der Waals surface area contributed by atoms with Crippen LogP contribution in [0.2, 0.25) is 0 Å². The van der Waals surface area contributed by atoms with E-state index >= 15 is 0 Å². The Bertz CT molecular complexity index is 1130. The highest BCUT2D eigenvalue weighted by Crippen LogP contribution is 2.22. The molecule has 37 heavy (non-hydrogen) atoms. The zero-order valence-electron chi connectivity index (χ0n) is 21.7. The summed E-state index contributed by atoms with van der Waals surface area (Å²) in [4.78, 5) is 24.9. The van der Waals surface area contributed by atoms with Crippen LogP contribution in [0.1, 0.15) is 52.0 Å². The number of aromatic nitrogens is 5. The first-order chi connectivity index (χ1) is 18.0. The predicted octanol–water partition coefficient (Wildman–Crippen LogP) is 3.64. The van der Waals surface area contributed by atoms with Gasteiger partial charge in [0.25, 0.3) is 0 Å². The topological polar surface area (TPSA) is 124 Å². The standard InChI is InChI=1S/C26H37N9O2/c1-20(2)35-19-24(30-32-35)23-12-13-27-26(29-23)28-21-8-10-22(11-9-21)34-17-15-33(16-18-34)14-6-4-3-5-7-25(36)31-37/h8-13,19-20,37H,3-7,14-18H2,1-2H3,(H,31,36)(H,27,28,29). The van der Waals surface area contributed by atoms with Crippen molar-refractivity contribution in [3.8, 4) is 11.4 Å². The van der Waals surface area contributed by atoms with E-state index in [4.69, 9.17) is 5.21 Å². The van der Waals surface area contributed by atoms with E-state index in [2.05, 4.69) is 73.5 Å². The first-order valence-corrected chi connectivity index (χ1v) is 13.0. The van der Waals surface area contributed by atoms with Crippen molar-refractivity contribution in [1.29, 1.82) is 0 Å². The number of unbranched alkanes of at least 4 members (excludes halogenated alkanes) is 3. The number of nitrogens with one attached hydrogen (secondary N) is 2. The van der Waals surface area contributed by atoms with Crippen LogP contribution >= 0.6 is 0 Å². The summed E-state index contributed by atoms with van der Waals surface area (Å²) < 4.78 is 1.81. The molecule has 4 rings (SSSR count). The second-order valence-electron chi connectivity index (χ2n) is 9.64. The number of hydroxylamine groups is 1. The van der Waals surface area contributed by atoms with Crippen LogP contribution in [0.3, 0.4) is 0 Å². The van der Waals surface area contributed by atoms with Crippen molar-refractivity contribution < 1.29 is 10.0 Å². The number of anilines is 3. The number of carbonyl (C=O) groups is 1. The summed E-state index contributed by atoms with van der Waals surface area (Å²) in [6.07, 6.45) is 8.10. The Kier molecular flexibility index (Phi) is 9.39. The van der Waals surface area contributed by atoms with Crippen molar-refractivity contribution in [2.75, 3.05) is 42.9 Å². The van der Waals surface area contributed by atoms with Crippen molar-refractivity contribution in [2.45, 2.75) is 52.0 Å². The molecule has 1 saturated heterocycles. The largest absolute Gasteiger partial charge is 0.369 e. The van der Waals surface area contributed by atoms with Crippen molar-refractivity contribution in [2.24, 2.45) is 0 Å². The second-order valence-corrected chi connectivity index (χ2v) is 9.64. The fourth-order valence-corrected chi connectivity index (χ4v) is 4.35. The molecule has 11 heteroatoms. The number of amides is 1. The van der Waals surface area contributed by atoms with Gasteiger partial charge < -0.3 is 10.2 Å². The average Bonchev–Trinajstić information content (AvgIpc) is 3.43. The zero-order chi connectivity index (χ0) is 26.0. The van der Waals surface area contributed by atoms with Gasteiger partial charge in [0.15, 0.2) is 0 Å². The molecule has 198 valence electrons. The lowest BCUT2D eigenvalue weighted by atomic mass is 10.1. The van der Waals surface area contributed by atoms with Crippen molar-refractivity contribution >= 4 is 23.2 Å². The van der Waals surface area contributed by atoms with Gasteiger partial charge in [0.05, 0.1) is 11.9 Å². The molecule has 3 N–H and O–H groups in total. The summed E-state index contributed by atoms with van der Waals surface area (Å²) in [5.41, 5.74) is 5.28. The molecule has 0 saturated carbocycles. The molecule has 0 bridgehead atoms. The minimum atomic E-state index is -0.300. The van der Waals surface area contributed by atoms with Gasteiger partial charge in [-0.1, -0.05) is 18.1 Å². The lowest BCUT2D eigenvalue weighted by Crippen LogP contribution is -2.46. The van der Waals surface area contributed by atoms with Gasteiger partial charge in [-0.15, -0.1) is 5.10 Å². The van der Waals surface area contributed by atoms with Crippen LogP contribution in [0.5, 0.6) is 0 Å². The normalized spacial score (nSPS) is 14.2. The first kappa shape index (κ1) is 26.5. The molecule has 1 aliphatic rings. The molecule has 11 nitrogen and oxygen atoms in total. The SMILES string of the molecule is CC(C)n1cc(-c2ccnc(Nc3ccc(N4CCN(CCCCCCC(=O)NO)CC4)cc3)n2)nn1. The smallest absolute Gasteiger partial charge is 0.243 e. The molecule has 1 aliphatic heterocycles. The van der Waals surface area contributed by atoms with E-state index in [9.17, 15) is 4.79 Å². The van der Waals surface area contributed by atoms with Crippen LogP contribution in [0.15, 0.2) is 42.7 Å². The van der Waals surface area contributed by atoms with Crippen molar-refractivity contribution in [3.63, 3.8) is 0 Å². The van der Waals surface area contributed by atoms with E-state index in [0.717, 1.165) is 75.5 Å². The maximum atomic E-state index is 11.0. The highest BCUT2D eigenvalue weighted by atomic mass is 16.5. The van der Waals surface area contributed by atoms with E-state index in [1.54, 1.807) is 11.7 Å². The van der Waals surface area contributed by atoms with Crippen LogP contribution in [-0.4, -0.2) is 73.7 Å². The van der Waals surface area contributed by atoms with E-state index in [-0.39, 0.29) is 11.9 Å². The minimum Gasteiger partial charge on any atom is -0.369 e. The summed E-state index contributed by atoms with van der Waals surface area (Å²) >= 11 is 0. The molecule has 2 aromatic heterocycles. The number of piperazine rings is 1. The molecule has 3 aromatic rings. The summed E-state index contributed by atoms with van der Waals surface area (Å²) in [6, 6.07) is 10.5. The Morgan fingerprint density at radius 3 is 2.46 bits per heavy atom. The van der Waals surface area contributed by atoms with Gasteiger partial charge in [-0.05, 0) is 63.6 Å². The maximum Gasteiger partial charge on any atom is 0.243 e. The number of hydrogen-bond donors (Lipinski definition) is 3. The van der Waals surface area contributed by atoms with Gasteiger partial charge in [0.1, 0.15) is 5.69 Å². The number of carbonyl (C=O) groups excluding carboxylic acids is 1. The molecular formula is C26H37N9O2.